The van der Waals surface area contributed by atoms with Gasteiger partial charge in [0.05, 0.1) is 7.11 Å². The Bertz CT molecular complexity index is 779. The van der Waals surface area contributed by atoms with E-state index >= 15 is 0 Å². The Hall–Kier alpha value is -2.12. The van der Waals surface area contributed by atoms with Crippen LogP contribution in [0.15, 0.2) is 30.3 Å². The minimum absolute atomic E-state index is 0.0361. The number of phenols is 1. The molecule has 0 fully saturated rings. The molecule has 0 heterocycles. The Kier molecular flexibility index (Phi) is 3.65. The van der Waals surface area contributed by atoms with Crippen molar-refractivity contribution in [3.63, 3.8) is 0 Å². The number of fused-ring (bicyclic) bond motifs is 1. The first-order chi connectivity index (χ1) is 9.33. The third kappa shape index (κ3) is 2.73. The summed E-state index contributed by atoms with van der Waals surface area (Å²) < 4.78 is 35.7. The topological polar surface area (TPSA) is 101 Å². The summed E-state index contributed by atoms with van der Waals surface area (Å²) in [6.07, 6.45) is 0. The molecule has 6 nitrogen and oxygen atoms in total. The predicted molar refractivity (Wildman–Crippen MR) is 72.2 cm³/mol. The van der Waals surface area contributed by atoms with E-state index in [-0.39, 0.29) is 11.1 Å². The van der Waals surface area contributed by atoms with Gasteiger partial charge in [-0.25, -0.2) is 4.79 Å². The van der Waals surface area contributed by atoms with Gasteiger partial charge in [-0.1, -0.05) is 24.3 Å². The number of esters is 1. The number of phenolic OH excluding ortho intramolecular Hbond substituents is 1. The molecule has 0 saturated heterocycles. The zero-order valence-electron chi connectivity index (χ0n) is 10.5. The first-order valence-electron chi connectivity index (χ1n) is 5.60. The van der Waals surface area contributed by atoms with E-state index in [0.717, 1.165) is 7.11 Å². The summed E-state index contributed by atoms with van der Waals surface area (Å²) in [6.45, 7) is 0. The summed E-state index contributed by atoms with van der Waals surface area (Å²) in [7, 11) is -3.20. The molecule has 20 heavy (non-hydrogen) atoms. The van der Waals surface area contributed by atoms with Crippen LogP contribution in [0, 0.1) is 0 Å². The molecule has 106 valence electrons. The molecule has 2 rings (SSSR count). The molecule has 0 aliphatic rings. The van der Waals surface area contributed by atoms with Gasteiger partial charge >= 0.3 is 5.97 Å². The number of hydrogen-bond donors (Lipinski definition) is 2. The maximum absolute atomic E-state index is 11.6. The number of benzene rings is 2. The molecule has 7 heteroatoms. The second-order valence-corrected chi connectivity index (χ2v) is 5.64. The van der Waals surface area contributed by atoms with E-state index in [0.29, 0.717) is 10.8 Å². The third-order valence-corrected chi connectivity index (χ3v) is 3.51. The van der Waals surface area contributed by atoms with Gasteiger partial charge in [-0.05, 0) is 16.8 Å². The summed E-state index contributed by atoms with van der Waals surface area (Å²) >= 11 is 0. The fourth-order valence-corrected chi connectivity index (χ4v) is 2.66. The van der Waals surface area contributed by atoms with Crippen LogP contribution in [-0.4, -0.2) is 31.2 Å². The van der Waals surface area contributed by atoms with Crippen molar-refractivity contribution < 1.29 is 27.6 Å². The Morgan fingerprint density at radius 1 is 1.30 bits per heavy atom. The summed E-state index contributed by atoms with van der Waals surface area (Å²) in [5.41, 5.74) is -0.184. The van der Waals surface area contributed by atoms with Crippen molar-refractivity contribution in [3.05, 3.63) is 41.5 Å². The Balaban J connectivity index is 2.80. The fraction of sp³-hybridized carbons (Fsp3) is 0.154. The lowest BCUT2D eigenvalue weighted by Crippen LogP contribution is -2.07. The number of methoxy groups -OCH3 is 1. The quantitative estimate of drug-likeness (QED) is 0.660. The van der Waals surface area contributed by atoms with E-state index in [2.05, 4.69) is 4.74 Å². The van der Waals surface area contributed by atoms with Crippen LogP contribution in [0.4, 0.5) is 0 Å². The number of carbonyl (C=O) groups is 1. The standard InChI is InChI=1S/C13H12O6S/c1-19-13(15)10-6-8-4-2-3-5-9(8)11(12(10)14)7-20(16,17)18/h2-6,14H,7H2,1H3,(H,16,17,18). The Morgan fingerprint density at radius 2 is 1.95 bits per heavy atom. The van der Waals surface area contributed by atoms with Gasteiger partial charge in [0.15, 0.2) is 0 Å². The molecule has 0 amide bonds. The molecule has 0 radical (unpaired) electrons. The van der Waals surface area contributed by atoms with Gasteiger partial charge in [-0.3, -0.25) is 4.55 Å². The van der Waals surface area contributed by atoms with Crippen LogP contribution in [0.2, 0.25) is 0 Å². The highest BCUT2D eigenvalue weighted by atomic mass is 32.2. The van der Waals surface area contributed by atoms with Crippen LogP contribution in [0.3, 0.4) is 0 Å². The highest BCUT2D eigenvalue weighted by Gasteiger charge is 2.21. The van der Waals surface area contributed by atoms with Gasteiger partial charge in [-0.2, -0.15) is 8.42 Å². The van der Waals surface area contributed by atoms with Crippen molar-refractivity contribution in [1.29, 1.82) is 0 Å². The molecule has 2 aromatic rings. The van der Waals surface area contributed by atoms with E-state index in [9.17, 15) is 18.3 Å². The average Bonchev–Trinajstić information content (AvgIpc) is 2.39. The predicted octanol–water partition coefficient (Wildman–Crippen LogP) is 1.72. The summed E-state index contributed by atoms with van der Waals surface area (Å²) in [4.78, 5) is 11.6. The number of hydrogen-bond acceptors (Lipinski definition) is 5. The zero-order chi connectivity index (χ0) is 14.9. The van der Waals surface area contributed by atoms with Crippen LogP contribution in [0.5, 0.6) is 5.75 Å². The lowest BCUT2D eigenvalue weighted by molar-refractivity contribution is 0.0597. The van der Waals surface area contributed by atoms with E-state index in [1.807, 2.05) is 0 Å². The first kappa shape index (κ1) is 14.3. The van der Waals surface area contributed by atoms with Gasteiger partial charge in [0.2, 0.25) is 0 Å². The van der Waals surface area contributed by atoms with Crippen LogP contribution in [-0.2, 0) is 20.6 Å². The summed E-state index contributed by atoms with van der Waals surface area (Å²) in [5, 5.41) is 11.1. The Labute approximate surface area is 115 Å². The normalized spacial score (nSPS) is 11.5. The maximum atomic E-state index is 11.6. The van der Waals surface area contributed by atoms with Crippen molar-refractivity contribution in [2.24, 2.45) is 0 Å². The van der Waals surface area contributed by atoms with Gasteiger partial charge < -0.3 is 9.84 Å². The molecule has 2 aromatic carbocycles. The lowest BCUT2D eigenvalue weighted by atomic mass is 10.0. The smallest absolute Gasteiger partial charge is 0.341 e. The van der Waals surface area contributed by atoms with Gasteiger partial charge in [0.25, 0.3) is 10.1 Å². The second-order valence-electron chi connectivity index (χ2n) is 4.19. The monoisotopic (exact) mass is 296 g/mol. The van der Waals surface area contributed by atoms with Gasteiger partial charge in [-0.15, -0.1) is 0 Å². The number of rotatable bonds is 3. The third-order valence-electron chi connectivity index (χ3n) is 2.86. The molecule has 0 aliphatic heterocycles. The summed E-state index contributed by atoms with van der Waals surface area (Å²) in [5.74, 6) is -2.08. The fourth-order valence-electron chi connectivity index (χ4n) is 2.01. The van der Waals surface area contributed by atoms with Crippen molar-refractivity contribution in [2.75, 3.05) is 7.11 Å². The lowest BCUT2D eigenvalue weighted by Gasteiger charge is -2.11. The Morgan fingerprint density at radius 3 is 2.55 bits per heavy atom. The minimum atomic E-state index is -4.35. The molecular formula is C13H12O6S. The second kappa shape index (κ2) is 5.10. The zero-order valence-corrected chi connectivity index (χ0v) is 11.3. The number of ether oxygens (including phenoxy) is 1. The highest BCUT2D eigenvalue weighted by Crippen LogP contribution is 2.33. The van der Waals surface area contributed by atoms with E-state index in [1.54, 1.807) is 24.3 Å². The highest BCUT2D eigenvalue weighted by molar-refractivity contribution is 7.85. The van der Waals surface area contributed by atoms with E-state index in [4.69, 9.17) is 4.55 Å². The van der Waals surface area contributed by atoms with Crippen LogP contribution in [0.1, 0.15) is 15.9 Å². The molecule has 0 saturated carbocycles. The largest absolute Gasteiger partial charge is 0.507 e. The van der Waals surface area contributed by atoms with Gasteiger partial charge in [0, 0.05) is 5.56 Å². The first-order valence-corrected chi connectivity index (χ1v) is 7.21. The minimum Gasteiger partial charge on any atom is -0.507 e. The van der Waals surface area contributed by atoms with Crippen LogP contribution in [0.25, 0.3) is 10.8 Å². The molecule has 0 aromatic heterocycles. The SMILES string of the molecule is COC(=O)c1cc2ccccc2c(CS(=O)(=O)O)c1O. The molecule has 0 aliphatic carbocycles. The molecular weight excluding hydrogens is 284 g/mol. The van der Waals surface area contributed by atoms with Crippen molar-refractivity contribution in [1.82, 2.24) is 0 Å². The average molecular weight is 296 g/mol. The molecule has 0 atom stereocenters. The molecule has 0 bridgehead atoms. The van der Waals surface area contributed by atoms with Crippen molar-refractivity contribution in [2.45, 2.75) is 5.75 Å². The maximum Gasteiger partial charge on any atom is 0.341 e. The molecule has 0 unspecified atom stereocenters. The molecule has 2 N–H and O–H groups in total. The van der Waals surface area contributed by atoms with Crippen LogP contribution >= 0.6 is 0 Å². The van der Waals surface area contributed by atoms with Crippen LogP contribution < -0.4 is 0 Å². The molecule has 0 spiro atoms. The number of carbonyl (C=O) groups excluding carboxylic acids is 1. The van der Waals surface area contributed by atoms with Crippen molar-refractivity contribution in [3.8, 4) is 5.75 Å². The van der Waals surface area contributed by atoms with E-state index < -0.39 is 27.6 Å². The van der Waals surface area contributed by atoms with E-state index in [1.165, 1.54) is 6.07 Å². The van der Waals surface area contributed by atoms with Gasteiger partial charge in [0.1, 0.15) is 17.1 Å². The van der Waals surface area contributed by atoms with Crippen molar-refractivity contribution >= 4 is 26.9 Å². The summed E-state index contributed by atoms with van der Waals surface area (Å²) in [6, 6.07) is 8.03. The number of aromatic hydroxyl groups is 1.